The minimum absolute atomic E-state index is 0.160. The van der Waals surface area contributed by atoms with E-state index in [9.17, 15) is 9.36 Å². The van der Waals surface area contributed by atoms with Crippen LogP contribution in [0.15, 0.2) is 12.7 Å². The zero-order chi connectivity index (χ0) is 27.5. The van der Waals surface area contributed by atoms with Crippen molar-refractivity contribution in [3.8, 4) is 28.7 Å². The van der Waals surface area contributed by atoms with Crippen molar-refractivity contribution >= 4 is 18.6 Å². The summed E-state index contributed by atoms with van der Waals surface area (Å²) in [5.41, 5.74) is -0.602. The van der Waals surface area contributed by atoms with Gasteiger partial charge in [-0.15, -0.1) is 0 Å². The Morgan fingerprint density at radius 3 is 1.14 bits per heavy atom. The highest BCUT2D eigenvalue weighted by atomic mass is 31.1. The van der Waals surface area contributed by atoms with Gasteiger partial charge in [-0.1, -0.05) is 77.9 Å². The first-order valence-electron chi connectivity index (χ1n) is 14.0. The van der Waals surface area contributed by atoms with Gasteiger partial charge in [0, 0.05) is 6.08 Å². The lowest BCUT2D eigenvalue weighted by atomic mass is 10.2. The van der Waals surface area contributed by atoms with E-state index in [0.29, 0.717) is 50.3 Å². The third-order valence-corrected chi connectivity index (χ3v) is 6.95. The largest absolute Gasteiger partial charge is 0.486 e. The molecule has 1 unspecified atom stereocenters. The molecule has 37 heavy (non-hydrogen) atoms. The SMILES string of the molecule is C=CC(=O)[P+](=O)c1c(OCCCC)c(OCCCC)c(OCCCC)c(OCCCC)c1OCCCC. The maximum absolute atomic E-state index is 13.6. The lowest BCUT2D eigenvalue weighted by molar-refractivity contribution is -0.107. The molecule has 210 valence electrons. The molecule has 0 saturated heterocycles. The van der Waals surface area contributed by atoms with Crippen LogP contribution in [0, 0.1) is 0 Å². The van der Waals surface area contributed by atoms with Gasteiger partial charge >= 0.3 is 13.3 Å². The molecule has 0 spiro atoms. The average Bonchev–Trinajstić information content (AvgIpc) is 2.90. The van der Waals surface area contributed by atoms with Crippen molar-refractivity contribution in [1.29, 1.82) is 0 Å². The lowest BCUT2D eigenvalue weighted by Crippen LogP contribution is -2.19. The molecule has 0 aliphatic heterocycles. The van der Waals surface area contributed by atoms with E-state index < -0.39 is 13.3 Å². The second-order valence-corrected chi connectivity index (χ2v) is 10.3. The Morgan fingerprint density at radius 2 is 0.865 bits per heavy atom. The van der Waals surface area contributed by atoms with Crippen LogP contribution in [-0.4, -0.2) is 38.6 Å². The molecule has 1 aromatic carbocycles. The molecule has 0 aliphatic carbocycles. The van der Waals surface area contributed by atoms with E-state index in [1.165, 1.54) is 0 Å². The molecule has 0 amide bonds. The summed E-state index contributed by atoms with van der Waals surface area (Å²) in [6.45, 7) is 16.0. The maximum Gasteiger partial charge on any atom is 0.466 e. The number of carbonyl (C=O) groups is 1. The molecule has 0 N–H and O–H groups in total. The summed E-state index contributed by atoms with van der Waals surface area (Å²) >= 11 is 0. The molecular weight excluding hydrogens is 491 g/mol. The zero-order valence-corrected chi connectivity index (χ0v) is 24.6. The van der Waals surface area contributed by atoms with E-state index in [4.69, 9.17) is 23.7 Å². The number of ether oxygens (including phenoxy) is 5. The highest BCUT2D eigenvalue weighted by Gasteiger charge is 2.44. The van der Waals surface area contributed by atoms with Gasteiger partial charge in [0.05, 0.1) is 33.0 Å². The van der Waals surface area contributed by atoms with Gasteiger partial charge in [0.25, 0.3) is 5.30 Å². The number of hydrogen-bond acceptors (Lipinski definition) is 7. The van der Waals surface area contributed by atoms with E-state index in [2.05, 4.69) is 41.2 Å². The van der Waals surface area contributed by atoms with Crippen LogP contribution < -0.4 is 29.0 Å². The van der Waals surface area contributed by atoms with E-state index in [1.54, 1.807) is 0 Å². The van der Waals surface area contributed by atoms with Gasteiger partial charge in [-0.2, -0.15) is 0 Å². The van der Waals surface area contributed by atoms with Crippen molar-refractivity contribution in [3.05, 3.63) is 12.7 Å². The molecule has 8 heteroatoms. The van der Waals surface area contributed by atoms with Crippen LogP contribution in [0.3, 0.4) is 0 Å². The molecule has 7 nitrogen and oxygen atoms in total. The highest BCUT2D eigenvalue weighted by molar-refractivity contribution is 7.71. The van der Waals surface area contributed by atoms with Crippen LogP contribution in [0.25, 0.3) is 0 Å². The molecule has 0 heterocycles. The van der Waals surface area contributed by atoms with Crippen LogP contribution in [0.4, 0.5) is 0 Å². The third-order valence-electron chi connectivity index (χ3n) is 5.55. The molecule has 1 atom stereocenters. The number of carbonyl (C=O) groups excluding carboxylic acids is 1. The maximum atomic E-state index is 13.6. The van der Waals surface area contributed by atoms with Gasteiger partial charge in [-0.25, -0.2) is 4.79 Å². The Morgan fingerprint density at radius 1 is 0.595 bits per heavy atom. The summed E-state index contributed by atoms with van der Waals surface area (Å²) in [4.78, 5) is 12.7. The summed E-state index contributed by atoms with van der Waals surface area (Å²) in [5.74, 6) is 1.51. The lowest BCUT2D eigenvalue weighted by Gasteiger charge is -2.23. The summed E-state index contributed by atoms with van der Waals surface area (Å²) < 4.78 is 44.8. The topological polar surface area (TPSA) is 80.3 Å². The Balaban J connectivity index is 3.98. The number of benzene rings is 1. The first kappa shape index (κ1) is 32.8. The second-order valence-electron chi connectivity index (χ2n) is 8.84. The smallest absolute Gasteiger partial charge is 0.466 e. The van der Waals surface area contributed by atoms with Crippen LogP contribution in [0.5, 0.6) is 28.7 Å². The fraction of sp³-hybridized carbons (Fsp3) is 0.690. The molecule has 0 radical (unpaired) electrons. The molecule has 0 fully saturated rings. The predicted octanol–water partition coefficient (Wildman–Crippen LogP) is 7.75. The Bertz CT molecular complexity index is 793. The quantitative estimate of drug-likeness (QED) is 0.0799. The van der Waals surface area contributed by atoms with Gasteiger partial charge in [0.15, 0.2) is 0 Å². The van der Waals surface area contributed by atoms with Crippen molar-refractivity contribution in [2.75, 3.05) is 33.0 Å². The van der Waals surface area contributed by atoms with Crippen molar-refractivity contribution < 1.29 is 33.0 Å². The van der Waals surface area contributed by atoms with Crippen molar-refractivity contribution in [2.24, 2.45) is 0 Å². The van der Waals surface area contributed by atoms with E-state index >= 15 is 0 Å². The van der Waals surface area contributed by atoms with Crippen LogP contribution in [0.1, 0.15) is 98.8 Å². The summed E-state index contributed by atoms with van der Waals surface area (Å²) in [6, 6.07) is 0. The molecule has 0 aromatic heterocycles. The van der Waals surface area contributed by atoms with Gasteiger partial charge in [0.1, 0.15) is 0 Å². The molecule has 0 aliphatic rings. The Kier molecular flexibility index (Phi) is 17.5. The van der Waals surface area contributed by atoms with Crippen molar-refractivity contribution in [2.45, 2.75) is 98.8 Å². The van der Waals surface area contributed by atoms with Gasteiger partial charge in [0.2, 0.25) is 28.7 Å². The van der Waals surface area contributed by atoms with E-state index in [-0.39, 0.29) is 16.8 Å². The molecule has 1 rings (SSSR count). The molecular formula is C29H48O7P+. The first-order valence-corrected chi connectivity index (χ1v) is 15.3. The van der Waals surface area contributed by atoms with Crippen LogP contribution in [0.2, 0.25) is 0 Å². The summed E-state index contributed by atoms with van der Waals surface area (Å²) in [5, 5.41) is 0.160. The fourth-order valence-electron chi connectivity index (χ4n) is 3.26. The normalized spacial score (nSPS) is 11.1. The minimum atomic E-state index is -2.59. The standard InChI is InChI=1S/C29H48O7P/c1-7-13-18-32-24-25(33-19-14-8-2)27(35-21-16-10-4)29(37(31)23(30)12-6)28(36-22-17-11-5)26(24)34-20-15-9-3/h12H,6-11,13-22H2,1-5H3/q+1. The number of unbranched alkanes of at least 4 members (excludes halogenated alkanes) is 5. The fourth-order valence-corrected chi connectivity index (χ4v) is 4.35. The van der Waals surface area contributed by atoms with Crippen LogP contribution >= 0.6 is 7.80 Å². The summed E-state index contributed by atoms with van der Waals surface area (Å²) in [7, 11) is -2.59. The van der Waals surface area contributed by atoms with Gasteiger partial charge in [-0.05, 0) is 32.1 Å². The molecule has 0 saturated carbocycles. The molecule has 1 aromatic rings. The van der Waals surface area contributed by atoms with Crippen LogP contribution in [-0.2, 0) is 9.36 Å². The first-order chi connectivity index (χ1) is 18.0. The van der Waals surface area contributed by atoms with Crippen molar-refractivity contribution in [1.82, 2.24) is 0 Å². The Hall–Kier alpha value is -2.27. The Labute approximate surface area is 225 Å². The monoisotopic (exact) mass is 539 g/mol. The van der Waals surface area contributed by atoms with Gasteiger partial charge < -0.3 is 23.7 Å². The third kappa shape index (κ3) is 10.6. The second kappa shape index (κ2) is 19.8. The number of hydrogen-bond donors (Lipinski definition) is 0. The average molecular weight is 540 g/mol. The number of rotatable bonds is 23. The van der Waals surface area contributed by atoms with Gasteiger partial charge in [-0.3, -0.25) is 0 Å². The minimum Gasteiger partial charge on any atom is -0.486 e. The zero-order valence-electron chi connectivity index (χ0n) is 23.7. The van der Waals surface area contributed by atoms with Crippen molar-refractivity contribution in [3.63, 3.8) is 0 Å². The summed E-state index contributed by atoms with van der Waals surface area (Å²) in [6.07, 6.45) is 9.77. The van der Waals surface area contributed by atoms with E-state index in [0.717, 1.165) is 70.3 Å². The van der Waals surface area contributed by atoms with E-state index in [1.807, 2.05) is 0 Å². The molecule has 0 bridgehead atoms. The predicted molar refractivity (Wildman–Crippen MR) is 151 cm³/mol. The number of allylic oxidation sites excluding steroid dienone is 1. The highest BCUT2D eigenvalue weighted by Crippen LogP contribution is 2.53.